The molecular weight excluding hydrogens is 332 g/mol. The minimum Gasteiger partial charge on any atom is -0.378 e. The number of aromatic nitrogens is 1. The van der Waals surface area contributed by atoms with Gasteiger partial charge in [-0.15, -0.1) is 11.3 Å². The fraction of sp³-hybridized carbons (Fsp3) is 0.182. The Bertz CT molecular complexity index is 727. The van der Waals surface area contributed by atoms with E-state index < -0.39 is 26.1 Å². The van der Waals surface area contributed by atoms with Crippen molar-refractivity contribution in [2.45, 2.75) is 16.9 Å². The summed E-state index contributed by atoms with van der Waals surface area (Å²) in [7, 11) is -5.64. The van der Waals surface area contributed by atoms with Gasteiger partial charge in [0.1, 0.15) is 10.7 Å². The average Bonchev–Trinajstić information content (AvgIpc) is 2.89. The average molecular weight is 340 g/mol. The second-order valence-corrected chi connectivity index (χ2v) is 6.55. The highest BCUT2D eigenvalue weighted by atomic mass is 32.2. The van der Waals surface area contributed by atoms with E-state index in [9.17, 15) is 26.0 Å². The Morgan fingerprint density at radius 2 is 2.00 bits per heavy atom. The highest BCUT2D eigenvalue weighted by Gasteiger charge is 2.48. The predicted octanol–water partition coefficient (Wildman–Crippen LogP) is 3.19. The molecule has 2 rings (SSSR count). The van der Waals surface area contributed by atoms with Gasteiger partial charge in [-0.3, -0.25) is 0 Å². The fourth-order valence-corrected chi connectivity index (χ4v) is 3.01. The summed E-state index contributed by atoms with van der Waals surface area (Å²) in [6, 6.07) is 2.16. The molecule has 0 bridgehead atoms. The topological polar surface area (TPSA) is 59.1 Å². The van der Waals surface area contributed by atoms with Crippen LogP contribution in [0.3, 0.4) is 0 Å². The molecule has 0 aliphatic heterocycles. The molecule has 4 nitrogen and oxygen atoms in total. The van der Waals surface area contributed by atoms with Gasteiger partial charge in [-0.1, -0.05) is 0 Å². The van der Waals surface area contributed by atoms with Crippen LogP contribution in [0.5, 0.6) is 0 Å². The van der Waals surface area contributed by atoms with Crippen LogP contribution < -0.4 is 5.32 Å². The Labute approximate surface area is 121 Å². The molecule has 1 heterocycles. The van der Waals surface area contributed by atoms with Crippen LogP contribution in [0.2, 0.25) is 0 Å². The number of hydrogen-bond acceptors (Lipinski definition) is 5. The van der Waals surface area contributed by atoms with Crippen LogP contribution in [-0.2, 0) is 16.4 Å². The van der Waals surface area contributed by atoms with Crippen molar-refractivity contribution >= 4 is 26.9 Å². The molecule has 0 atom stereocenters. The maximum atomic E-state index is 13.1. The summed E-state index contributed by atoms with van der Waals surface area (Å²) in [5.41, 5.74) is -3.78. The van der Waals surface area contributed by atoms with E-state index in [-0.39, 0.29) is 12.2 Å². The number of anilines is 1. The second-order valence-electron chi connectivity index (χ2n) is 3.92. The zero-order valence-electron chi connectivity index (χ0n) is 10.2. The van der Waals surface area contributed by atoms with E-state index in [1.54, 1.807) is 5.38 Å². The van der Waals surface area contributed by atoms with Gasteiger partial charge in [-0.25, -0.2) is 17.8 Å². The molecule has 21 heavy (non-hydrogen) atoms. The van der Waals surface area contributed by atoms with Gasteiger partial charge >= 0.3 is 5.51 Å². The Morgan fingerprint density at radius 1 is 1.29 bits per heavy atom. The highest BCUT2D eigenvalue weighted by Crippen LogP contribution is 2.34. The van der Waals surface area contributed by atoms with Crippen molar-refractivity contribution in [2.75, 3.05) is 5.32 Å². The number of benzene rings is 1. The first kappa shape index (κ1) is 15.7. The Balaban J connectivity index is 2.39. The molecule has 1 aromatic heterocycles. The molecule has 0 aliphatic rings. The zero-order chi connectivity index (χ0) is 15.7. The van der Waals surface area contributed by atoms with Crippen LogP contribution in [0.25, 0.3) is 0 Å². The monoisotopic (exact) mass is 340 g/mol. The fourth-order valence-electron chi connectivity index (χ4n) is 1.50. The summed E-state index contributed by atoms with van der Waals surface area (Å²) < 4.78 is 73.8. The number of nitrogens with one attached hydrogen (secondary N) is 1. The Hall–Kier alpha value is -1.68. The van der Waals surface area contributed by atoms with Crippen molar-refractivity contribution < 1.29 is 26.0 Å². The zero-order valence-corrected chi connectivity index (χ0v) is 11.8. The van der Waals surface area contributed by atoms with Crippen molar-refractivity contribution in [3.05, 3.63) is 40.6 Å². The molecule has 0 aliphatic carbocycles. The molecule has 0 saturated carbocycles. The first-order chi connectivity index (χ1) is 9.72. The number of hydrogen-bond donors (Lipinski definition) is 1. The molecule has 10 heteroatoms. The van der Waals surface area contributed by atoms with Gasteiger partial charge in [-0.2, -0.15) is 13.2 Å². The van der Waals surface area contributed by atoms with Gasteiger partial charge in [-0.05, 0) is 18.2 Å². The van der Waals surface area contributed by atoms with Gasteiger partial charge in [0.15, 0.2) is 0 Å². The summed E-state index contributed by atoms with van der Waals surface area (Å²) in [5, 5.41) is 4.17. The lowest BCUT2D eigenvalue weighted by Crippen LogP contribution is -2.24. The first-order valence-corrected chi connectivity index (χ1v) is 7.86. The molecule has 0 saturated heterocycles. The van der Waals surface area contributed by atoms with Gasteiger partial charge in [0, 0.05) is 5.38 Å². The molecule has 1 N–H and O–H groups in total. The summed E-state index contributed by atoms with van der Waals surface area (Å²) in [6.45, 7) is 0.0233. The van der Waals surface area contributed by atoms with E-state index in [1.165, 1.54) is 16.8 Å². The molecule has 0 fully saturated rings. The van der Waals surface area contributed by atoms with Gasteiger partial charge in [0.25, 0.3) is 9.84 Å². The Kier molecular flexibility index (Phi) is 4.19. The number of nitrogens with zero attached hydrogens (tertiary/aromatic N) is 1. The summed E-state index contributed by atoms with van der Waals surface area (Å²) in [5.74, 6) is -1.07. The van der Waals surface area contributed by atoms with Crippen molar-refractivity contribution in [1.82, 2.24) is 4.98 Å². The number of sulfone groups is 1. The van der Waals surface area contributed by atoms with E-state index in [4.69, 9.17) is 0 Å². The van der Waals surface area contributed by atoms with Crippen LogP contribution in [-0.4, -0.2) is 18.9 Å². The second kappa shape index (κ2) is 5.60. The molecule has 0 unspecified atom stereocenters. The molecule has 1 aromatic carbocycles. The van der Waals surface area contributed by atoms with E-state index in [1.807, 2.05) is 0 Å². The normalized spacial score (nSPS) is 12.4. The third kappa shape index (κ3) is 3.32. The minimum atomic E-state index is -5.64. The molecule has 0 amide bonds. The van der Waals surface area contributed by atoms with Crippen LogP contribution in [0.15, 0.2) is 34.0 Å². The summed E-state index contributed by atoms with van der Waals surface area (Å²) in [4.78, 5) is 2.75. The third-order valence-electron chi connectivity index (χ3n) is 2.48. The standard InChI is InChI=1S/C11H8F4N2O2S2/c12-7-1-2-9(16-4-8-5-20-6-17-8)10(3-7)21(18,19)11(13,14)15/h1-3,5-6,16H,4H2. The molecule has 0 spiro atoms. The van der Waals surface area contributed by atoms with Crippen molar-refractivity contribution in [3.8, 4) is 0 Å². The van der Waals surface area contributed by atoms with Crippen LogP contribution in [0.4, 0.5) is 23.2 Å². The van der Waals surface area contributed by atoms with E-state index in [2.05, 4.69) is 10.3 Å². The minimum absolute atomic E-state index is 0.0233. The maximum absolute atomic E-state index is 13.1. The molecule has 2 aromatic rings. The highest BCUT2D eigenvalue weighted by molar-refractivity contribution is 7.92. The number of rotatable bonds is 4. The van der Waals surface area contributed by atoms with E-state index >= 15 is 0 Å². The van der Waals surface area contributed by atoms with Crippen LogP contribution >= 0.6 is 11.3 Å². The SMILES string of the molecule is O=S(=O)(c1cc(F)ccc1NCc1cscn1)C(F)(F)F. The quantitative estimate of drug-likeness (QED) is 0.869. The first-order valence-electron chi connectivity index (χ1n) is 5.43. The van der Waals surface area contributed by atoms with Crippen LogP contribution in [0.1, 0.15) is 5.69 Å². The van der Waals surface area contributed by atoms with Crippen molar-refractivity contribution in [1.29, 1.82) is 0 Å². The van der Waals surface area contributed by atoms with E-state index in [0.717, 1.165) is 12.1 Å². The summed E-state index contributed by atoms with van der Waals surface area (Å²) in [6.07, 6.45) is 0. The number of thiazole rings is 1. The summed E-state index contributed by atoms with van der Waals surface area (Å²) >= 11 is 1.28. The van der Waals surface area contributed by atoms with Crippen molar-refractivity contribution in [3.63, 3.8) is 0 Å². The van der Waals surface area contributed by atoms with Crippen molar-refractivity contribution in [2.24, 2.45) is 0 Å². The largest absolute Gasteiger partial charge is 0.501 e. The number of alkyl halides is 3. The maximum Gasteiger partial charge on any atom is 0.501 e. The number of halogens is 4. The van der Waals surface area contributed by atoms with Crippen LogP contribution in [0, 0.1) is 5.82 Å². The third-order valence-corrected chi connectivity index (χ3v) is 4.64. The smallest absolute Gasteiger partial charge is 0.378 e. The lowest BCUT2D eigenvalue weighted by molar-refractivity contribution is -0.0435. The van der Waals surface area contributed by atoms with Gasteiger partial charge in [0.2, 0.25) is 0 Å². The molecule has 0 radical (unpaired) electrons. The Morgan fingerprint density at radius 3 is 2.57 bits per heavy atom. The predicted molar refractivity (Wildman–Crippen MR) is 69.1 cm³/mol. The van der Waals surface area contributed by atoms with Gasteiger partial charge in [0.05, 0.1) is 23.4 Å². The lowest BCUT2D eigenvalue weighted by atomic mass is 10.3. The molecular formula is C11H8F4N2O2S2. The van der Waals surface area contributed by atoms with E-state index in [0.29, 0.717) is 11.8 Å². The lowest BCUT2D eigenvalue weighted by Gasteiger charge is -2.13. The van der Waals surface area contributed by atoms with Gasteiger partial charge < -0.3 is 5.32 Å². The molecule has 114 valence electrons.